The monoisotopic (exact) mass is 390 g/mol. The first-order valence-corrected chi connectivity index (χ1v) is 8.87. The molecule has 0 spiro atoms. The largest absolute Gasteiger partial charge is 0.493 e. The van der Waals surface area contributed by atoms with E-state index in [1.807, 2.05) is 19.9 Å². The Morgan fingerprint density at radius 3 is 2.43 bits per heavy atom. The maximum Gasteiger partial charge on any atom is 0.348 e. The molecule has 0 atom stereocenters. The highest BCUT2D eigenvalue weighted by atomic mass is 16.6. The van der Waals surface area contributed by atoms with Crippen LogP contribution >= 0.6 is 0 Å². The van der Waals surface area contributed by atoms with Gasteiger partial charge >= 0.3 is 5.97 Å². The Balaban J connectivity index is 2.90. The van der Waals surface area contributed by atoms with Crippen molar-refractivity contribution in [3.63, 3.8) is 0 Å². The van der Waals surface area contributed by atoms with Gasteiger partial charge in [0, 0.05) is 20.2 Å². The lowest BCUT2D eigenvalue weighted by Crippen LogP contribution is -2.34. The summed E-state index contributed by atoms with van der Waals surface area (Å²) in [6.45, 7) is 5.21. The van der Waals surface area contributed by atoms with Crippen LogP contribution in [0.15, 0.2) is 23.8 Å². The lowest BCUT2D eigenvalue weighted by atomic mass is 10.1. The van der Waals surface area contributed by atoms with Crippen molar-refractivity contribution in [2.24, 2.45) is 0 Å². The summed E-state index contributed by atoms with van der Waals surface area (Å²) in [6, 6.07) is 6.70. The van der Waals surface area contributed by atoms with Gasteiger partial charge in [0.25, 0.3) is 5.91 Å². The van der Waals surface area contributed by atoms with Crippen LogP contribution in [0.4, 0.5) is 0 Å². The number of ether oxygens (including phenoxy) is 4. The molecule has 1 aromatic carbocycles. The summed E-state index contributed by atoms with van der Waals surface area (Å²) >= 11 is 0. The van der Waals surface area contributed by atoms with Crippen LogP contribution < -0.4 is 9.47 Å². The van der Waals surface area contributed by atoms with Gasteiger partial charge < -0.3 is 23.8 Å². The predicted molar refractivity (Wildman–Crippen MR) is 103 cm³/mol. The standard InChI is InChI=1S/C20H26N2O6/c1-5-22(6-2)19(23)14-28-17-8-7-15(12-18(17)26-4)11-16(13-21)20(24)27-10-9-25-3/h7-8,11-12H,5-6,9-10,14H2,1-4H3/b16-11+. The molecule has 0 heterocycles. The SMILES string of the molecule is CCN(CC)C(=O)COc1ccc(/C=C(\C#N)C(=O)OCCOC)cc1OC. The molecule has 0 bridgehead atoms. The van der Waals surface area contributed by atoms with Crippen LogP contribution in [0.1, 0.15) is 19.4 Å². The highest BCUT2D eigenvalue weighted by Gasteiger charge is 2.14. The van der Waals surface area contributed by atoms with E-state index >= 15 is 0 Å². The Bertz CT molecular complexity index is 735. The molecule has 0 saturated carbocycles. The summed E-state index contributed by atoms with van der Waals surface area (Å²) in [5, 5.41) is 9.19. The number of methoxy groups -OCH3 is 2. The van der Waals surface area contributed by atoms with Gasteiger partial charge in [-0.3, -0.25) is 4.79 Å². The van der Waals surface area contributed by atoms with E-state index in [0.29, 0.717) is 30.2 Å². The van der Waals surface area contributed by atoms with E-state index in [4.69, 9.17) is 18.9 Å². The topological polar surface area (TPSA) is 98.1 Å². The van der Waals surface area contributed by atoms with Crippen LogP contribution in [0.3, 0.4) is 0 Å². The molecule has 0 fully saturated rings. The van der Waals surface area contributed by atoms with Crippen LogP contribution in [0.2, 0.25) is 0 Å². The molecule has 0 aliphatic rings. The maximum absolute atomic E-state index is 12.1. The van der Waals surface area contributed by atoms with Gasteiger partial charge in [-0.2, -0.15) is 5.26 Å². The van der Waals surface area contributed by atoms with Gasteiger partial charge in [-0.1, -0.05) is 6.07 Å². The van der Waals surface area contributed by atoms with E-state index < -0.39 is 5.97 Å². The summed E-state index contributed by atoms with van der Waals surface area (Å²) in [5.74, 6) is -0.0854. The highest BCUT2D eigenvalue weighted by Crippen LogP contribution is 2.29. The molecule has 1 aromatic rings. The third-order valence-corrected chi connectivity index (χ3v) is 3.83. The molecular weight excluding hydrogens is 364 g/mol. The summed E-state index contributed by atoms with van der Waals surface area (Å²) < 4.78 is 20.6. The van der Waals surface area contributed by atoms with Crippen molar-refractivity contribution in [1.82, 2.24) is 4.90 Å². The van der Waals surface area contributed by atoms with E-state index in [0.717, 1.165) is 0 Å². The number of hydrogen-bond acceptors (Lipinski definition) is 7. The number of benzene rings is 1. The van der Waals surface area contributed by atoms with E-state index in [1.165, 1.54) is 20.3 Å². The molecule has 0 aliphatic heterocycles. The first-order chi connectivity index (χ1) is 13.5. The first-order valence-electron chi connectivity index (χ1n) is 8.87. The van der Waals surface area contributed by atoms with Gasteiger partial charge in [-0.05, 0) is 37.6 Å². The van der Waals surface area contributed by atoms with Crippen molar-refractivity contribution in [2.75, 3.05) is 47.1 Å². The van der Waals surface area contributed by atoms with Crippen LogP contribution in [-0.4, -0.2) is 63.9 Å². The fourth-order valence-corrected chi connectivity index (χ4v) is 2.30. The third-order valence-electron chi connectivity index (χ3n) is 3.83. The second-order valence-electron chi connectivity index (χ2n) is 5.56. The van der Waals surface area contributed by atoms with Crippen molar-refractivity contribution < 1.29 is 28.5 Å². The average Bonchev–Trinajstić information content (AvgIpc) is 2.71. The second-order valence-corrected chi connectivity index (χ2v) is 5.56. The van der Waals surface area contributed by atoms with Crippen molar-refractivity contribution in [3.05, 3.63) is 29.3 Å². The molecule has 0 unspecified atom stereocenters. The number of amides is 1. The second kappa shape index (κ2) is 12.4. The smallest absolute Gasteiger partial charge is 0.348 e. The van der Waals surface area contributed by atoms with Crippen molar-refractivity contribution in [1.29, 1.82) is 5.26 Å². The van der Waals surface area contributed by atoms with Crippen LogP contribution in [0.5, 0.6) is 11.5 Å². The molecule has 8 nitrogen and oxygen atoms in total. The lowest BCUT2D eigenvalue weighted by molar-refractivity contribution is -0.139. The molecule has 0 radical (unpaired) electrons. The van der Waals surface area contributed by atoms with Gasteiger partial charge in [0.15, 0.2) is 18.1 Å². The molecule has 28 heavy (non-hydrogen) atoms. The minimum absolute atomic E-state index is 0.0605. The fraction of sp³-hybridized carbons (Fsp3) is 0.450. The number of hydrogen-bond donors (Lipinski definition) is 0. The molecule has 8 heteroatoms. The molecule has 0 N–H and O–H groups in total. The zero-order valence-corrected chi connectivity index (χ0v) is 16.7. The zero-order chi connectivity index (χ0) is 20.9. The molecule has 0 aliphatic carbocycles. The number of esters is 1. The normalized spacial score (nSPS) is 10.8. The highest BCUT2D eigenvalue weighted by molar-refractivity contribution is 5.98. The van der Waals surface area contributed by atoms with Crippen molar-refractivity contribution >= 4 is 18.0 Å². The van der Waals surface area contributed by atoms with Crippen LogP contribution in [-0.2, 0) is 19.1 Å². The molecule has 0 aromatic heterocycles. The Labute approximate surface area is 165 Å². The minimum atomic E-state index is -0.733. The Hall–Kier alpha value is -3.05. The number of carbonyl (C=O) groups is 2. The average molecular weight is 390 g/mol. The third kappa shape index (κ3) is 6.93. The number of nitriles is 1. The molecule has 0 saturated heterocycles. The summed E-state index contributed by atoms with van der Waals surface area (Å²) in [4.78, 5) is 25.6. The Morgan fingerprint density at radius 1 is 1.14 bits per heavy atom. The number of nitrogens with zero attached hydrogens (tertiary/aromatic N) is 2. The molecule has 1 rings (SSSR count). The van der Waals surface area contributed by atoms with Crippen molar-refractivity contribution in [2.45, 2.75) is 13.8 Å². The quantitative estimate of drug-likeness (QED) is 0.247. The summed E-state index contributed by atoms with van der Waals surface area (Å²) in [6.07, 6.45) is 1.39. The minimum Gasteiger partial charge on any atom is -0.493 e. The van der Waals surface area contributed by atoms with Gasteiger partial charge in [-0.25, -0.2) is 4.79 Å². The molecule has 1 amide bonds. The van der Waals surface area contributed by atoms with Crippen LogP contribution in [0.25, 0.3) is 6.08 Å². The molecule has 152 valence electrons. The van der Waals surface area contributed by atoms with Gasteiger partial charge in [0.1, 0.15) is 18.2 Å². The van der Waals surface area contributed by atoms with Crippen molar-refractivity contribution in [3.8, 4) is 17.6 Å². The van der Waals surface area contributed by atoms with E-state index in [9.17, 15) is 14.9 Å². The predicted octanol–water partition coefficient (Wildman–Crippen LogP) is 2.04. The van der Waals surface area contributed by atoms with Crippen LogP contribution in [0, 0.1) is 11.3 Å². The summed E-state index contributed by atoms with van der Waals surface area (Å²) in [5.41, 5.74) is 0.406. The lowest BCUT2D eigenvalue weighted by Gasteiger charge is -2.19. The van der Waals surface area contributed by atoms with Gasteiger partial charge in [0.05, 0.1) is 13.7 Å². The molecular formula is C20H26N2O6. The van der Waals surface area contributed by atoms with Gasteiger partial charge in [0.2, 0.25) is 0 Å². The Kier molecular flexibility index (Phi) is 10.1. The number of carbonyl (C=O) groups excluding carboxylic acids is 2. The Morgan fingerprint density at radius 2 is 1.86 bits per heavy atom. The maximum atomic E-state index is 12.1. The van der Waals surface area contributed by atoms with E-state index in [-0.39, 0.29) is 31.3 Å². The van der Waals surface area contributed by atoms with E-state index in [2.05, 4.69) is 0 Å². The van der Waals surface area contributed by atoms with E-state index in [1.54, 1.807) is 23.1 Å². The number of rotatable bonds is 11. The zero-order valence-electron chi connectivity index (χ0n) is 16.7. The first kappa shape index (κ1) is 23.0. The van der Waals surface area contributed by atoms with Gasteiger partial charge in [-0.15, -0.1) is 0 Å². The number of likely N-dealkylation sites (N-methyl/N-ethyl adjacent to an activating group) is 1. The summed E-state index contributed by atoms with van der Waals surface area (Å²) in [7, 11) is 2.95. The fourth-order valence-electron chi connectivity index (χ4n) is 2.30.